The zero-order chi connectivity index (χ0) is 23.8. The second-order valence-corrected chi connectivity index (χ2v) is 9.33. The molecule has 0 saturated heterocycles. The van der Waals surface area contributed by atoms with E-state index < -0.39 is 27.7 Å². The van der Waals surface area contributed by atoms with Crippen molar-refractivity contribution in [2.75, 3.05) is 17.6 Å². The SMILES string of the molecule is C.C.Cc1ccc(NC(=O)[C@H](Cc2ccc(C(=O)NCCS(=O)(=O)O)cc2)c2ccccc2)cc1. The molecule has 7 nitrogen and oxygen atoms in total. The second kappa shape index (κ2) is 13.4. The molecule has 0 fully saturated rings. The predicted octanol–water partition coefficient (Wildman–Crippen LogP) is 4.85. The Labute approximate surface area is 208 Å². The van der Waals surface area contributed by atoms with Gasteiger partial charge in [-0.05, 0) is 48.7 Å². The van der Waals surface area contributed by atoms with Crippen molar-refractivity contribution in [3.8, 4) is 0 Å². The third-order valence-electron chi connectivity index (χ3n) is 5.14. The third-order valence-corrected chi connectivity index (χ3v) is 5.86. The van der Waals surface area contributed by atoms with Crippen molar-refractivity contribution in [2.24, 2.45) is 0 Å². The van der Waals surface area contributed by atoms with E-state index in [2.05, 4.69) is 10.6 Å². The number of anilines is 1. The molecule has 1 atom stereocenters. The molecule has 0 spiro atoms. The number of amides is 2. The molecular weight excluding hydrogens is 464 g/mol. The second-order valence-electron chi connectivity index (χ2n) is 7.76. The summed E-state index contributed by atoms with van der Waals surface area (Å²) < 4.78 is 30.3. The van der Waals surface area contributed by atoms with Crippen LogP contribution in [-0.4, -0.2) is 37.1 Å². The average Bonchev–Trinajstić information content (AvgIpc) is 2.79. The van der Waals surface area contributed by atoms with Crippen molar-refractivity contribution in [1.82, 2.24) is 5.32 Å². The van der Waals surface area contributed by atoms with E-state index in [-0.39, 0.29) is 27.3 Å². The molecule has 35 heavy (non-hydrogen) atoms. The van der Waals surface area contributed by atoms with Gasteiger partial charge in [-0.1, -0.05) is 75.0 Å². The molecule has 0 heterocycles. The monoisotopic (exact) mass is 498 g/mol. The highest BCUT2D eigenvalue weighted by Crippen LogP contribution is 2.23. The van der Waals surface area contributed by atoms with Gasteiger partial charge in [0.2, 0.25) is 5.91 Å². The Morgan fingerprint density at radius 2 is 1.49 bits per heavy atom. The Kier molecular flexibility index (Phi) is 11.3. The fourth-order valence-electron chi connectivity index (χ4n) is 3.34. The highest BCUT2D eigenvalue weighted by atomic mass is 32.2. The van der Waals surface area contributed by atoms with Crippen LogP contribution in [-0.2, 0) is 21.3 Å². The Bertz CT molecular complexity index is 1190. The van der Waals surface area contributed by atoms with Crippen molar-refractivity contribution >= 4 is 27.6 Å². The first-order valence-electron chi connectivity index (χ1n) is 10.5. The lowest BCUT2D eigenvalue weighted by Gasteiger charge is -2.18. The van der Waals surface area contributed by atoms with Crippen LogP contribution in [0.25, 0.3) is 0 Å². The van der Waals surface area contributed by atoms with Crippen LogP contribution in [0.1, 0.15) is 47.8 Å². The van der Waals surface area contributed by atoms with Crippen LogP contribution >= 0.6 is 0 Å². The maximum Gasteiger partial charge on any atom is 0.266 e. The fourth-order valence-corrected chi connectivity index (χ4v) is 3.70. The molecule has 3 rings (SSSR count). The summed E-state index contributed by atoms with van der Waals surface area (Å²) in [7, 11) is -4.13. The standard InChI is InChI=1S/C25H26N2O5S.2CH4/c1-18-7-13-22(14-8-18)27-25(29)23(20-5-3-2-4-6-20)17-19-9-11-21(12-10-19)24(28)26-15-16-33(30,31)32;;/h2-14,23H,15-17H2,1H3,(H,26,28)(H,27,29)(H,30,31,32);2*1H4/t23-;;/m1../s1. The molecule has 8 heteroatoms. The van der Waals surface area contributed by atoms with Crippen LogP contribution in [0.5, 0.6) is 0 Å². The van der Waals surface area contributed by atoms with Gasteiger partial charge in [-0.15, -0.1) is 0 Å². The number of nitrogens with one attached hydrogen (secondary N) is 2. The van der Waals surface area contributed by atoms with E-state index in [9.17, 15) is 18.0 Å². The summed E-state index contributed by atoms with van der Waals surface area (Å²) in [6, 6.07) is 23.9. The number of benzene rings is 3. The van der Waals surface area contributed by atoms with Gasteiger partial charge in [-0.2, -0.15) is 8.42 Å². The Morgan fingerprint density at radius 1 is 0.886 bits per heavy atom. The van der Waals surface area contributed by atoms with E-state index in [0.717, 1.165) is 22.4 Å². The Balaban J connectivity index is 0.00000306. The van der Waals surface area contributed by atoms with E-state index in [1.54, 1.807) is 24.3 Å². The van der Waals surface area contributed by atoms with Crippen LogP contribution in [0.4, 0.5) is 5.69 Å². The van der Waals surface area contributed by atoms with Gasteiger partial charge in [0.25, 0.3) is 16.0 Å². The maximum atomic E-state index is 13.1. The normalized spacial score (nSPS) is 11.4. The number of carbonyl (C=O) groups is 2. The summed E-state index contributed by atoms with van der Waals surface area (Å²) in [4.78, 5) is 25.3. The molecule has 0 aliphatic rings. The van der Waals surface area contributed by atoms with Crippen LogP contribution in [0.3, 0.4) is 0 Å². The van der Waals surface area contributed by atoms with Crippen LogP contribution in [0.2, 0.25) is 0 Å². The summed E-state index contributed by atoms with van der Waals surface area (Å²) in [6.45, 7) is 1.80. The van der Waals surface area contributed by atoms with E-state index in [0.29, 0.717) is 12.0 Å². The first-order valence-corrected chi connectivity index (χ1v) is 12.1. The summed E-state index contributed by atoms with van der Waals surface area (Å²) in [6.07, 6.45) is 0.437. The largest absolute Gasteiger partial charge is 0.351 e. The lowest BCUT2D eigenvalue weighted by Crippen LogP contribution is -2.28. The number of hydrogen-bond acceptors (Lipinski definition) is 4. The van der Waals surface area contributed by atoms with Crippen LogP contribution in [0.15, 0.2) is 78.9 Å². The molecule has 188 valence electrons. The zero-order valence-corrected chi connectivity index (χ0v) is 19.0. The molecule has 0 saturated carbocycles. The molecule has 3 aromatic carbocycles. The van der Waals surface area contributed by atoms with E-state index >= 15 is 0 Å². The van der Waals surface area contributed by atoms with Gasteiger partial charge in [-0.3, -0.25) is 14.1 Å². The smallest absolute Gasteiger partial charge is 0.266 e. The van der Waals surface area contributed by atoms with Gasteiger partial charge in [0, 0.05) is 17.8 Å². The molecule has 0 aromatic heterocycles. The summed E-state index contributed by atoms with van der Waals surface area (Å²) >= 11 is 0. The van der Waals surface area contributed by atoms with Gasteiger partial charge in [0.05, 0.1) is 11.7 Å². The van der Waals surface area contributed by atoms with Crippen molar-refractivity contribution in [3.05, 3.63) is 101 Å². The lowest BCUT2D eigenvalue weighted by atomic mass is 9.90. The fraction of sp³-hybridized carbons (Fsp3) is 0.259. The van der Waals surface area contributed by atoms with Crippen molar-refractivity contribution in [1.29, 1.82) is 0 Å². The Morgan fingerprint density at radius 3 is 2.06 bits per heavy atom. The summed E-state index contributed by atoms with van der Waals surface area (Å²) in [5.41, 5.74) is 3.94. The molecule has 3 N–H and O–H groups in total. The van der Waals surface area contributed by atoms with Crippen molar-refractivity contribution < 1.29 is 22.6 Å². The van der Waals surface area contributed by atoms with Gasteiger partial charge < -0.3 is 10.6 Å². The van der Waals surface area contributed by atoms with E-state index in [1.165, 1.54) is 0 Å². The van der Waals surface area contributed by atoms with Crippen molar-refractivity contribution in [2.45, 2.75) is 34.1 Å². The number of hydrogen-bond donors (Lipinski definition) is 3. The molecule has 2 amide bonds. The minimum atomic E-state index is -4.13. The Hall–Kier alpha value is -3.49. The molecule has 0 bridgehead atoms. The maximum absolute atomic E-state index is 13.1. The zero-order valence-electron chi connectivity index (χ0n) is 18.2. The minimum Gasteiger partial charge on any atom is -0.351 e. The first-order chi connectivity index (χ1) is 15.7. The lowest BCUT2D eigenvalue weighted by molar-refractivity contribution is -0.117. The quantitative estimate of drug-likeness (QED) is 0.365. The van der Waals surface area contributed by atoms with Gasteiger partial charge in [-0.25, -0.2) is 0 Å². The molecule has 0 aliphatic carbocycles. The van der Waals surface area contributed by atoms with Crippen LogP contribution in [0, 0.1) is 6.92 Å². The molecule has 0 unspecified atom stereocenters. The molecule has 3 aromatic rings. The first kappa shape index (κ1) is 29.5. The van der Waals surface area contributed by atoms with Gasteiger partial charge >= 0.3 is 0 Å². The predicted molar refractivity (Wildman–Crippen MR) is 141 cm³/mol. The average molecular weight is 499 g/mol. The van der Waals surface area contributed by atoms with E-state index in [1.807, 2.05) is 61.5 Å². The van der Waals surface area contributed by atoms with Crippen LogP contribution < -0.4 is 10.6 Å². The number of rotatable bonds is 9. The van der Waals surface area contributed by atoms with Gasteiger partial charge in [0.15, 0.2) is 0 Å². The summed E-state index contributed by atoms with van der Waals surface area (Å²) in [5, 5.41) is 5.43. The van der Waals surface area contributed by atoms with Gasteiger partial charge in [0.1, 0.15) is 0 Å². The highest BCUT2D eigenvalue weighted by molar-refractivity contribution is 7.85. The topological polar surface area (TPSA) is 113 Å². The number of carbonyl (C=O) groups excluding carboxylic acids is 2. The highest BCUT2D eigenvalue weighted by Gasteiger charge is 2.21. The molecule has 0 aliphatic heterocycles. The van der Waals surface area contributed by atoms with E-state index in [4.69, 9.17) is 4.55 Å². The molecule has 0 radical (unpaired) electrons. The summed E-state index contributed by atoms with van der Waals surface area (Å²) in [5.74, 6) is -1.55. The third kappa shape index (κ3) is 9.35. The minimum absolute atomic E-state index is 0. The number of aryl methyl sites for hydroxylation is 1. The molecular formula is C27H34N2O5S. The van der Waals surface area contributed by atoms with Crippen molar-refractivity contribution in [3.63, 3.8) is 0 Å².